The average Bonchev–Trinajstić information content (AvgIpc) is 3.83. The molecule has 2 aromatic heterocycles. The monoisotopic (exact) mass is 773 g/mol. The van der Waals surface area contributed by atoms with Gasteiger partial charge in [-0.2, -0.15) is 0 Å². The van der Waals surface area contributed by atoms with Gasteiger partial charge in [-0.15, -0.1) is 0 Å². The maximum atomic E-state index is 8.83. The van der Waals surface area contributed by atoms with Gasteiger partial charge in [0.2, 0.25) is 0 Å². The number of rotatable bonds is 18. The van der Waals surface area contributed by atoms with Gasteiger partial charge in [0.15, 0.2) is 0 Å². The Hall–Kier alpha value is -3.92. The van der Waals surface area contributed by atoms with Crippen molar-refractivity contribution in [3.8, 4) is 28.5 Å². The number of fused-ring (bicyclic) bond motifs is 2. The third-order valence-electron chi connectivity index (χ3n) is 10.1. The fourth-order valence-corrected chi connectivity index (χ4v) is 5.52. The highest BCUT2D eigenvalue weighted by Crippen LogP contribution is 2.29. The lowest BCUT2D eigenvalue weighted by molar-refractivity contribution is -0.0425. The van der Waals surface area contributed by atoms with E-state index < -0.39 is 0 Å². The van der Waals surface area contributed by atoms with Gasteiger partial charge >= 0.3 is 0 Å². The molecule has 9 heteroatoms. The van der Waals surface area contributed by atoms with E-state index in [2.05, 4.69) is 118 Å². The normalized spacial score (nSPS) is 11.5. The fraction of sp³-hybridized carbons (Fsp3) is 0.574. The molecule has 0 aliphatic carbocycles. The third-order valence-corrected chi connectivity index (χ3v) is 10.1. The Morgan fingerprint density at radius 3 is 1.88 bits per heavy atom. The molecule has 0 unspecified atom stereocenters. The van der Waals surface area contributed by atoms with Crippen LogP contribution in [0.2, 0.25) is 0 Å². The number of ether oxygens (including phenoxy) is 2. The highest BCUT2D eigenvalue weighted by molar-refractivity contribution is 5.87. The summed E-state index contributed by atoms with van der Waals surface area (Å²) in [5, 5.41) is 8.83. The number of nitrogens with zero attached hydrogens (tertiary/aromatic N) is 4. The number of imidazole rings is 2. The number of aromatic amines is 2. The number of aromatic nitrogens is 4. The van der Waals surface area contributed by atoms with Crippen LogP contribution in [0.4, 0.5) is 5.69 Å². The molecule has 0 aliphatic heterocycles. The van der Waals surface area contributed by atoms with Crippen molar-refractivity contribution in [2.75, 3.05) is 58.5 Å². The van der Waals surface area contributed by atoms with Crippen molar-refractivity contribution in [1.82, 2.24) is 24.8 Å². The van der Waals surface area contributed by atoms with Crippen molar-refractivity contribution in [3.05, 3.63) is 60.7 Å². The largest absolute Gasteiger partial charge is 0.494 e. The van der Waals surface area contributed by atoms with Gasteiger partial charge in [-0.1, -0.05) is 75.7 Å². The van der Waals surface area contributed by atoms with Crippen LogP contribution in [0.1, 0.15) is 109 Å². The second-order valence-electron chi connectivity index (χ2n) is 15.8. The fourth-order valence-electron chi connectivity index (χ4n) is 5.52. The SMILES string of the molecule is CC.CC.CCC(C)(C)CCOC(C)(C)CCO.CCN(C)CCN(C)c1ccc2nc(-c3ccc4nc(-c5ccc(OCCC(C)C)cc5)[nH]c4c3)[nH]c2c1. The molecule has 2 heterocycles. The lowest BCUT2D eigenvalue weighted by Crippen LogP contribution is -2.30. The summed E-state index contributed by atoms with van der Waals surface area (Å²) >= 11 is 0. The topological polar surface area (TPSA) is 103 Å². The smallest absolute Gasteiger partial charge is 0.138 e. The summed E-state index contributed by atoms with van der Waals surface area (Å²) < 4.78 is 11.6. The molecule has 0 radical (unpaired) electrons. The van der Waals surface area contributed by atoms with Crippen molar-refractivity contribution in [3.63, 3.8) is 0 Å². The number of benzene rings is 3. The molecule has 3 N–H and O–H groups in total. The summed E-state index contributed by atoms with van der Waals surface area (Å²) in [7, 11) is 4.29. The Morgan fingerprint density at radius 2 is 1.30 bits per heavy atom. The van der Waals surface area contributed by atoms with Gasteiger partial charge in [0.25, 0.3) is 0 Å². The first-order valence-electron chi connectivity index (χ1n) is 21.1. The molecule has 0 spiro atoms. The van der Waals surface area contributed by atoms with Gasteiger partial charge in [-0.25, -0.2) is 9.97 Å². The van der Waals surface area contributed by atoms with Crippen LogP contribution in [0.5, 0.6) is 5.75 Å². The lowest BCUT2D eigenvalue weighted by Gasteiger charge is -2.28. The Labute approximate surface area is 339 Å². The Morgan fingerprint density at radius 1 is 0.732 bits per heavy atom. The molecule has 3 aromatic carbocycles. The number of hydrogen-bond acceptors (Lipinski definition) is 7. The van der Waals surface area contributed by atoms with Crippen LogP contribution < -0.4 is 9.64 Å². The Balaban J connectivity index is 0.000000509. The summed E-state index contributed by atoms with van der Waals surface area (Å²) in [5.41, 5.74) is 7.34. The summed E-state index contributed by atoms with van der Waals surface area (Å²) in [6.45, 7) is 30.2. The van der Waals surface area contributed by atoms with E-state index in [4.69, 9.17) is 24.5 Å². The summed E-state index contributed by atoms with van der Waals surface area (Å²) in [6.07, 6.45) is 4.02. The number of aliphatic hydroxyl groups is 1. The van der Waals surface area contributed by atoms with E-state index in [1.807, 2.05) is 59.7 Å². The molecule has 0 atom stereocenters. The lowest BCUT2D eigenvalue weighted by atomic mass is 9.87. The van der Waals surface area contributed by atoms with Crippen molar-refractivity contribution in [1.29, 1.82) is 0 Å². The molecule has 0 aliphatic rings. The van der Waals surface area contributed by atoms with E-state index in [1.165, 1.54) is 12.1 Å². The predicted molar refractivity (Wildman–Crippen MR) is 241 cm³/mol. The van der Waals surface area contributed by atoms with Crippen LogP contribution in [0.25, 0.3) is 44.8 Å². The molecule has 0 amide bonds. The summed E-state index contributed by atoms with van der Waals surface area (Å²) in [5.74, 6) is 3.22. The minimum absolute atomic E-state index is 0.182. The van der Waals surface area contributed by atoms with E-state index >= 15 is 0 Å². The van der Waals surface area contributed by atoms with E-state index in [9.17, 15) is 0 Å². The molecule has 9 nitrogen and oxygen atoms in total. The zero-order valence-electron chi connectivity index (χ0n) is 37.5. The maximum Gasteiger partial charge on any atom is 0.138 e. The van der Waals surface area contributed by atoms with Crippen molar-refractivity contribution in [2.24, 2.45) is 11.3 Å². The van der Waals surface area contributed by atoms with Crippen LogP contribution in [0.15, 0.2) is 60.7 Å². The van der Waals surface area contributed by atoms with Crippen molar-refractivity contribution in [2.45, 2.75) is 114 Å². The van der Waals surface area contributed by atoms with E-state index in [0.717, 1.165) is 96.3 Å². The van der Waals surface area contributed by atoms with Crippen LogP contribution >= 0.6 is 0 Å². The molecular weight excluding hydrogens is 697 g/mol. The van der Waals surface area contributed by atoms with E-state index in [-0.39, 0.29) is 12.2 Å². The first-order valence-corrected chi connectivity index (χ1v) is 21.1. The number of hydrogen-bond donors (Lipinski definition) is 3. The number of likely N-dealkylation sites (N-methyl/N-ethyl adjacent to an activating group) is 2. The molecule has 0 saturated carbocycles. The Kier molecular flexibility index (Phi) is 20.7. The highest BCUT2D eigenvalue weighted by atomic mass is 16.5. The molecule has 312 valence electrons. The zero-order valence-corrected chi connectivity index (χ0v) is 37.5. The number of aliphatic hydroxyl groups excluding tert-OH is 1. The molecule has 0 fully saturated rings. The quantitative estimate of drug-likeness (QED) is 0.0815. The van der Waals surface area contributed by atoms with Gasteiger partial charge in [0.05, 0.1) is 34.3 Å². The Bertz CT molecular complexity index is 1810. The third kappa shape index (κ3) is 15.5. The van der Waals surface area contributed by atoms with Gasteiger partial charge in [0.1, 0.15) is 17.4 Å². The van der Waals surface area contributed by atoms with Crippen molar-refractivity contribution < 1.29 is 14.6 Å². The average molecular weight is 773 g/mol. The summed E-state index contributed by atoms with van der Waals surface area (Å²) in [4.78, 5) is 21.3. The molecule has 5 aromatic rings. The molecule has 0 bridgehead atoms. The second-order valence-corrected chi connectivity index (χ2v) is 15.8. The minimum Gasteiger partial charge on any atom is -0.494 e. The zero-order chi connectivity index (χ0) is 41.9. The highest BCUT2D eigenvalue weighted by Gasteiger charge is 2.20. The second kappa shape index (κ2) is 24.0. The van der Waals surface area contributed by atoms with Gasteiger partial charge in [-0.3, -0.25) is 0 Å². The first kappa shape index (κ1) is 48.2. The molecular formula is C47H76N6O3. The number of H-pyrrole nitrogens is 2. The molecule has 56 heavy (non-hydrogen) atoms. The van der Waals surface area contributed by atoms with Crippen molar-refractivity contribution >= 4 is 27.8 Å². The first-order chi connectivity index (χ1) is 26.7. The van der Waals surface area contributed by atoms with Crippen LogP contribution in [0.3, 0.4) is 0 Å². The molecule has 0 saturated heterocycles. The van der Waals surface area contributed by atoms with Gasteiger partial charge in [-0.05, 0) is 119 Å². The standard InChI is InChI=1S/C31H38N6O.C12H26O2.2C2H6/c1-6-36(4)16-17-37(5)24-10-14-27-29(20-24)35-31(33-27)23-9-13-26-28(19-23)34-30(32-26)22-7-11-25(12-8-22)38-18-15-21(2)3;1-6-11(2,3)8-10-14-12(4,5)7-9-13;2*1-2/h7-14,19-21H,6,15-18H2,1-5H3,(H,32,34)(H,33,35);13H,6-10H2,1-5H3;2*1-2H3. The summed E-state index contributed by atoms with van der Waals surface area (Å²) in [6, 6.07) is 20.8. The van der Waals surface area contributed by atoms with E-state index in [1.54, 1.807) is 0 Å². The van der Waals surface area contributed by atoms with E-state index in [0.29, 0.717) is 17.8 Å². The predicted octanol–water partition coefficient (Wildman–Crippen LogP) is 11.6. The number of nitrogens with one attached hydrogen (secondary N) is 2. The van der Waals surface area contributed by atoms with Gasteiger partial charge in [0, 0.05) is 50.2 Å². The number of anilines is 1. The van der Waals surface area contributed by atoms with Crippen LogP contribution in [0, 0.1) is 11.3 Å². The van der Waals surface area contributed by atoms with Crippen LogP contribution in [-0.4, -0.2) is 89.1 Å². The molecule has 5 rings (SSSR count). The van der Waals surface area contributed by atoms with Gasteiger partial charge < -0.3 is 34.3 Å². The van der Waals surface area contributed by atoms with Crippen LogP contribution in [-0.2, 0) is 4.74 Å². The maximum absolute atomic E-state index is 8.83. The minimum atomic E-state index is -0.182.